The molecular weight excluding hydrogens is 331 g/mol. The van der Waals surface area contributed by atoms with Gasteiger partial charge in [0.15, 0.2) is 0 Å². The van der Waals surface area contributed by atoms with E-state index in [-0.39, 0.29) is 18.0 Å². The zero-order valence-corrected chi connectivity index (χ0v) is 14.3. The van der Waals surface area contributed by atoms with Crippen LogP contribution in [0.2, 0.25) is 10.0 Å². The van der Waals surface area contributed by atoms with E-state index in [0.717, 1.165) is 12.8 Å². The van der Waals surface area contributed by atoms with Crippen LogP contribution in [0.15, 0.2) is 42.5 Å². The van der Waals surface area contributed by atoms with Crippen molar-refractivity contribution >= 4 is 34.8 Å². The molecule has 2 N–H and O–H groups in total. The summed E-state index contributed by atoms with van der Waals surface area (Å²) in [5.41, 5.74) is 3.25. The Labute approximate surface area is 146 Å². The van der Waals surface area contributed by atoms with Crippen molar-refractivity contribution in [2.24, 2.45) is 0 Å². The Morgan fingerprint density at radius 3 is 2.61 bits per heavy atom. The highest BCUT2D eigenvalue weighted by molar-refractivity contribution is 6.35. The fraction of sp³-hybridized carbons (Fsp3) is 0.278. The molecule has 0 fully saturated rings. The van der Waals surface area contributed by atoms with Crippen LogP contribution < -0.4 is 10.6 Å². The molecule has 0 saturated heterocycles. The molecule has 0 heterocycles. The van der Waals surface area contributed by atoms with Gasteiger partial charge in [0.1, 0.15) is 0 Å². The molecule has 1 amide bonds. The minimum absolute atomic E-state index is 0.104. The van der Waals surface area contributed by atoms with Gasteiger partial charge in [-0.2, -0.15) is 0 Å². The highest BCUT2D eigenvalue weighted by atomic mass is 35.5. The van der Waals surface area contributed by atoms with Crippen LogP contribution in [-0.2, 0) is 11.2 Å². The third kappa shape index (κ3) is 3.86. The molecule has 2 atom stereocenters. The molecule has 0 radical (unpaired) electrons. The quantitative estimate of drug-likeness (QED) is 0.847. The average molecular weight is 349 g/mol. The van der Waals surface area contributed by atoms with Crippen molar-refractivity contribution in [2.45, 2.75) is 31.8 Å². The highest BCUT2D eigenvalue weighted by Crippen LogP contribution is 2.31. The predicted octanol–water partition coefficient (Wildman–Crippen LogP) is 4.60. The molecule has 0 spiro atoms. The lowest BCUT2D eigenvalue weighted by molar-refractivity contribution is -0.118. The van der Waals surface area contributed by atoms with Crippen LogP contribution >= 0.6 is 23.2 Å². The van der Waals surface area contributed by atoms with Gasteiger partial charge >= 0.3 is 0 Å². The van der Waals surface area contributed by atoms with Crippen LogP contribution in [0.1, 0.15) is 30.5 Å². The third-order valence-electron chi connectivity index (χ3n) is 4.11. The molecule has 23 heavy (non-hydrogen) atoms. The van der Waals surface area contributed by atoms with E-state index in [2.05, 4.69) is 28.8 Å². The number of halogens is 2. The first-order valence-electron chi connectivity index (χ1n) is 7.64. The maximum atomic E-state index is 12.4. The summed E-state index contributed by atoms with van der Waals surface area (Å²) in [6.07, 6.45) is 2.06. The molecular formula is C18H18Cl2N2O. The van der Waals surface area contributed by atoms with Crippen molar-refractivity contribution in [3.63, 3.8) is 0 Å². The molecule has 1 aliphatic rings. The van der Waals surface area contributed by atoms with Gasteiger partial charge in [0.05, 0.1) is 6.04 Å². The Morgan fingerprint density at radius 2 is 1.87 bits per heavy atom. The normalized spacial score (nSPS) is 17.6. The van der Waals surface area contributed by atoms with E-state index in [1.165, 1.54) is 11.1 Å². The molecule has 0 aromatic heterocycles. The summed E-state index contributed by atoms with van der Waals surface area (Å²) in [5, 5.41) is 7.25. The van der Waals surface area contributed by atoms with E-state index in [4.69, 9.17) is 23.2 Å². The van der Waals surface area contributed by atoms with Crippen molar-refractivity contribution in [3.8, 4) is 0 Å². The largest absolute Gasteiger partial charge is 0.325 e. The minimum atomic E-state index is -0.316. The molecule has 2 aromatic rings. The van der Waals surface area contributed by atoms with Gasteiger partial charge in [0.2, 0.25) is 5.91 Å². The first-order valence-corrected chi connectivity index (χ1v) is 8.39. The summed E-state index contributed by atoms with van der Waals surface area (Å²) >= 11 is 11.9. The predicted molar refractivity (Wildman–Crippen MR) is 95.2 cm³/mol. The molecule has 0 saturated carbocycles. The molecule has 1 aliphatic carbocycles. The maximum Gasteiger partial charge on any atom is 0.241 e. The second-order valence-electron chi connectivity index (χ2n) is 5.83. The van der Waals surface area contributed by atoms with Crippen molar-refractivity contribution in [2.75, 3.05) is 5.32 Å². The van der Waals surface area contributed by atoms with E-state index >= 15 is 0 Å². The van der Waals surface area contributed by atoms with E-state index in [9.17, 15) is 4.79 Å². The van der Waals surface area contributed by atoms with Crippen molar-refractivity contribution < 1.29 is 4.79 Å². The SMILES string of the molecule is C[C@@H](N[C@@H]1CCc2ccccc21)C(=O)Nc1cc(Cl)cc(Cl)c1. The third-order valence-corrected chi connectivity index (χ3v) is 4.54. The van der Waals surface area contributed by atoms with E-state index < -0.39 is 0 Å². The Balaban J connectivity index is 1.64. The van der Waals surface area contributed by atoms with Crippen LogP contribution in [0.4, 0.5) is 5.69 Å². The van der Waals surface area contributed by atoms with Gasteiger partial charge in [-0.1, -0.05) is 47.5 Å². The van der Waals surface area contributed by atoms with Crippen molar-refractivity contribution in [3.05, 3.63) is 63.6 Å². The standard InChI is InChI=1S/C18H18Cl2N2O/c1-11(18(23)22-15-9-13(19)8-14(20)10-15)21-17-7-6-12-4-2-3-5-16(12)17/h2-5,8-11,17,21H,6-7H2,1H3,(H,22,23)/t11-,17-/m1/s1. The lowest BCUT2D eigenvalue weighted by Gasteiger charge is -2.20. The molecule has 0 bridgehead atoms. The summed E-state index contributed by atoms with van der Waals surface area (Å²) in [6, 6.07) is 13.3. The molecule has 0 aliphatic heterocycles. The van der Waals surface area contributed by atoms with Crippen LogP contribution in [0, 0.1) is 0 Å². The molecule has 120 valence electrons. The average Bonchev–Trinajstić information content (AvgIpc) is 2.89. The van der Waals surface area contributed by atoms with E-state index in [0.29, 0.717) is 15.7 Å². The first-order chi connectivity index (χ1) is 11.0. The van der Waals surface area contributed by atoms with Gasteiger partial charge in [-0.3, -0.25) is 10.1 Å². The zero-order valence-electron chi connectivity index (χ0n) is 12.8. The van der Waals surface area contributed by atoms with Gasteiger partial charge in [0, 0.05) is 21.8 Å². The lowest BCUT2D eigenvalue weighted by Crippen LogP contribution is -2.39. The Kier molecular flexibility index (Phi) is 4.90. The number of rotatable bonds is 4. The zero-order chi connectivity index (χ0) is 16.4. The summed E-state index contributed by atoms with van der Waals surface area (Å²) < 4.78 is 0. The number of carbonyl (C=O) groups is 1. The van der Waals surface area contributed by atoms with E-state index in [1.807, 2.05) is 13.0 Å². The summed E-state index contributed by atoms with van der Waals surface area (Å²) in [4.78, 5) is 12.4. The molecule has 3 nitrogen and oxygen atoms in total. The Bertz CT molecular complexity index is 712. The Hall–Kier alpha value is -1.55. The number of aryl methyl sites for hydroxylation is 1. The van der Waals surface area contributed by atoms with Crippen LogP contribution in [0.5, 0.6) is 0 Å². The minimum Gasteiger partial charge on any atom is -0.325 e. The van der Waals surface area contributed by atoms with Gasteiger partial charge in [0.25, 0.3) is 0 Å². The van der Waals surface area contributed by atoms with Gasteiger partial charge in [-0.05, 0) is 49.1 Å². The first kappa shape index (κ1) is 16.3. The summed E-state index contributed by atoms with van der Waals surface area (Å²) in [7, 11) is 0. The number of hydrogen-bond donors (Lipinski definition) is 2. The topological polar surface area (TPSA) is 41.1 Å². The monoisotopic (exact) mass is 348 g/mol. The highest BCUT2D eigenvalue weighted by Gasteiger charge is 2.25. The Morgan fingerprint density at radius 1 is 1.17 bits per heavy atom. The van der Waals surface area contributed by atoms with Crippen LogP contribution in [0.25, 0.3) is 0 Å². The summed E-state index contributed by atoms with van der Waals surface area (Å²) in [5.74, 6) is -0.104. The maximum absolute atomic E-state index is 12.4. The smallest absolute Gasteiger partial charge is 0.241 e. The van der Waals surface area contributed by atoms with Gasteiger partial charge < -0.3 is 5.32 Å². The second kappa shape index (κ2) is 6.91. The van der Waals surface area contributed by atoms with Crippen molar-refractivity contribution in [1.29, 1.82) is 0 Å². The molecule has 3 rings (SSSR count). The summed E-state index contributed by atoms with van der Waals surface area (Å²) in [6.45, 7) is 1.86. The van der Waals surface area contributed by atoms with Gasteiger partial charge in [-0.25, -0.2) is 0 Å². The number of fused-ring (bicyclic) bond motifs is 1. The lowest BCUT2D eigenvalue weighted by atomic mass is 10.1. The number of nitrogens with one attached hydrogen (secondary N) is 2. The number of anilines is 1. The van der Waals surface area contributed by atoms with E-state index in [1.54, 1.807) is 18.2 Å². The number of benzene rings is 2. The number of carbonyl (C=O) groups excluding carboxylic acids is 1. The number of hydrogen-bond acceptors (Lipinski definition) is 2. The van der Waals surface area contributed by atoms with Crippen molar-refractivity contribution in [1.82, 2.24) is 5.32 Å². The fourth-order valence-electron chi connectivity index (χ4n) is 2.98. The van der Waals surface area contributed by atoms with Crippen LogP contribution in [0.3, 0.4) is 0 Å². The van der Waals surface area contributed by atoms with Gasteiger partial charge in [-0.15, -0.1) is 0 Å². The fourth-order valence-corrected chi connectivity index (χ4v) is 3.51. The second-order valence-corrected chi connectivity index (χ2v) is 6.70. The molecule has 5 heteroatoms. The molecule has 2 aromatic carbocycles. The molecule has 0 unspecified atom stereocenters. The number of amides is 1. The van der Waals surface area contributed by atoms with Crippen LogP contribution in [-0.4, -0.2) is 11.9 Å².